The first-order valence-corrected chi connectivity index (χ1v) is 7.82. The van der Waals surface area contributed by atoms with E-state index in [4.69, 9.17) is 4.74 Å². The van der Waals surface area contributed by atoms with Gasteiger partial charge in [0.25, 0.3) is 11.8 Å². The van der Waals surface area contributed by atoms with Crippen molar-refractivity contribution < 1.29 is 19.4 Å². The van der Waals surface area contributed by atoms with Gasteiger partial charge in [0.05, 0.1) is 7.11 Å². The van der Waals surface area contributed by atoms with E-state index in [-0.39, 0.29) is 12.5 Å². The van der Waals surface area contributed by atoms with E-state index in [0.717, 1.165) is 5.56 Å². The average molecular weight is 342 g/mol. The lowest BCUT2D eigenvalue weighted by Gasteiger charge is -2.14. The monoisotopic (exact) mass is 342 g/mol. The van der Waals surface area contributed by atoms with E-state index in [1.54, 1.807) is 63.7 Å². The number of amides is 2. The van der Waals surface area contributed by atoms with E-state index >= 15 is 0 Å². The number of methoxy groups -OCH3 is 1. The molecule has 0 saturated heterocycles. The van der Waals surface area contributed by atoms with Gasteiger partial charge in [0.15, 0.2) is 6.10 Å². The number of hydrogen-bond acceptors (Lipinski definition) is 4. The van der Waals surface area contributed by atoms with Crippen LogP contribution in [0.15, 0.2) is 48.5 Å². The molecule has 2 N–H and O–H groups in total. The fourth-order valence-corrected chi connectivity index (χ4v) is 2.30. The first-order valence-electron chi connectivity index (χ1n) is 7.82. The zero-order valence-corrected chi connectivity index (χ0v) is 14.5. The zero-order valence-electron chi connectivity index (χ0n) is 14.5. The minimum absolute atomic E-state index is 0.105. The van der Waals surface area contributed by atoms with Gasteiger partial charge < -0.3 is 20.1 Å². The molecule has 0 bridgehead atoms. The van der Waals surface area contributed by atoms with Crippen molar-refractivity contribution in [2.45, 2.75) is 12.6 Å². The average Bonchev–Trinajstić information content (AvgIpc) is 2.65. The first-order chi connectivity index (χ1) is 11.9. The third-order valence-corrected chi connectivity index (χ3v) is 3.73. The summed E-state index contributed by atoms with van der Waals surface area (Å²) in [4.78, 5) is 25.6. The molecule has 0 aliphatic heterocycles. The number of ether oxygens (including phenoxy) is 1. The van der Waals surface area contributed by atoms with Crippen LogP contribution in [0.25, 0.3) is 0 Å². The molecule has 132 valence electrons. The third kappa shape index (κ3) is 4.81. The third-order valence-electron chi connectivity index (χ3n) is 3.73. The highest BCUT2D eigenvalue weighted by Gasteiger charge is 2.17. The predicted octanol–water partition coefficient (Wildman–Crippen LogP) is 1.75. The Labute approximate surface area is 147 Å². The molecular weight excluding hydrogens is 320 g/mol. The molecule has 2 amide bonds. The van der Waals surface area contributed by atoms with E-state index in [1.807, 2.05) is 6.07 Å². The van der Waals surface area contributed by atoms with E-state index in [9.17, 15) is 14.7 Å². The molecule has 0 spiro atoms. The molecule has 6 nitrogen and oxygen atoms in total. The lowest BCUT2D eigenvalue weighted by Crippen LogP contribution is -2.29. The molecule has 1 atom stereocenters. The second kappa shape index (κ2) is 8.30. The Morgan fingerprint density at radius 2 is 1.84 bits per heavy atom. The van der Waals surface area contributed by atoms with Crippen LogP contribution in [0.2, 0.25) is 0 Å². The van der Waals surface area contributed by atoms with Gasteiger partial charge in [-0.1, -0.05) is 24.3 Å². The van der Waals surface area contributed by atoms with Crippen molar-refractivity contribution >= 4 is 11.8 Å². The summed E-state index contributed by atoms with van der Waals surface area (Å²) in [5.41, 5.74) is 1.81. The number of carbonyl (C=O) groups excluding carboxylic acids is 2. The number of benzene rings is 2. The van der Waals surface area contributed by atoms with Crippen molar-refractivity contribution in [3.63, 3.8) is 0 Å². The molecule has 1 unspecified atom stereocenters. The molecule has 0 aliphatic rings. The summed E-state index contributed by atoms with van der Waals surface area (Å²) < 4.78 is 5.05. The Kier molecular flexibility index (Phi) is 6.14. The molecular formula is C19H22N2O4. The molecule has 0 aromatic heterocycles. The summed E-state index contributed by atoms with van der Waals surface area (Å²) in [5, 5.41) is 12.8. The molecule has 2 aromatic carbocycles. The normalized spacial score (nSPS) is 11.5. The second-order valence-electron chi connectivity index (χ2n) is 5.79. The fraction of sp³-hybridized carbons (Fsp3) is 0.263. The van der Waals surface area contributed by atoms with Crippen molar-refractivity contribution in [2.24, 2.45) is 0 Å². The predicted molar refractivity (Wildman–Crippen MR) is 94.3 cm³/mol. The topological polar surface area (TPSA) is 78.9 Å². The van der Waals surface area contributed by atoms with Crippen LogP contribution in [0, 0.1) is 0 Å². The smallest absolute Gasteiger partial charge is 0.253 e. The van der Waals surface area contributed by atoms with Crippen molar-refractivity contribution in [2.75, 3.05) is 21.2 Å². The molecule has 0 radical (unpaired) electrons. The highest BCUT2D eigenvalue weighted by Crippen LogP contribution is 2.18. The molecule has 2 aromatic rings. The maximum atomic E-state index is 12.1. The minimum Gasteiger partial charge on any atom is -0.497 e. The van der Waals surface area contributed by atoms with Crippen molar-refractivity contribution in [1.29, 1.82) is 0 Å². The summed E-state index contributed by atoms with van der Waals surface area (Å²) in [6.45, 7) is 0.223. The van der Waals surface area contributed by atoms with Gasteiger partial charge in [-0.15, -0.1) is 0 Å². The van der Waals surface area contributed by atoms with Crippen LogP contribution in [0.3, 0.4) is 0 Å². The fourth-order valence-electron chi connectivity index (χ4n) is 2.30. The highest BCUT2D eigenvalue weighted by atomic mass is 16.5. The molecule has 25 heavy (non-hydrogen) atoms. The first kappa shape index (κ1) is 18.5. The van der Waals surface area contributed by atoms with Crippen LogP contribution in [0.5, 0.6) is 5.75 Å². The minimum atomic E-state index is -1.27. The SMILES string of the molecule is COc1ccc(C(O)C(=O)NCc2cccc(C(=O)N(C)C)c2)cc1. The summed E-state index contributed by atoms with van der Waals surface area (Å²) in [6.07, 6.45) is -1.27. The van der Waals surface area contributed by atoms with Crippen LogP contribution in [0.1, 0.15) is 27.6 Å². The Balaban J connectivity index is 1.99. The van der Waals surface area contributed by atoms with Gasteiger partial charge in [-0.25, -0.2) is 0 Å². The van der Waals surface area contributed by atoms with Crippen LogP contribution in [-0.2, 0) is 11.3 Å². The highest BCUT2D eigenvalue weighted by molar-refractivity contribution is 5.94. The summed E-state index contributed by atoms with van der Waals surface area (Å²) in [7, 11) is 4.91. The standard InChI is InChI=1S/C19H22N2O4/c1-21(2)19(24)15-6-4-5-13(11-15)12-20-18(23)17(22)14-7-9-16(25-3)10-8-14/h4-11,17,22H,12H2,1-3H3,(H,20,23). The number of nitrogens with one attached hydrogen (secondary N) is 1. The van der Waals surface area contributed by atoms with Gasteiger partial charge in [-0.05, 0) is 35.4 Å². The van der Waals surface area contributed by atoms with E-state index in [1.165, 1.54) is 4.90 Å². The number of aliphatic hydroxyl groups excluding tert-OH is 1. The summed E-state index contributed by atoms with van der Waals surface area (Å²) in [5.74, 6) is 0.0414. The van der Waals surface area contributed by atoms with Gasteiger partial charge >= 0.3 is 0 Å². The van der Waals surface area contributed by atoms with Gasteiger partial charge in [0, 0.05) is 26.2 Å². The van der Waals surface area contributed by atoms with Gasteiger partial charge in [-0.3, -0.25) is 9.59 Å². The van der Waals surface area contributed by atoms with E-state index in [0.29, 0.717) is 16.9 Å². The molecule has 0 aliphatic carbocycles. The van der Waals surface area contributed by atoms with Crippen molar-refractivity contribution in [1.82, 2.24) is 10.2 Å². The second-order valence-corrected chi connectivity index (χ2v) is 5.79. The molecule has 6 heteroatoms. The lowest BCUT2D eigenvalue weighted by atomic mass is 10.1. The van der Waals surface area contributed by atoms with Crippen LogP contribution in [-0.4, -0.2) is 43.0 Å². The lowest BCUT2D eigenvalue weighted by molar-refractivity contribution is -0.129. The van der Waals surface area contributed by atoms with Crippen molar-refractivity contribution in [3.8, 4) is 5.75 Å². The van der Waals surface area contributed by atoms with Gasteiger partial charge in [-0.2, -0.15) is 0 Å². The molecule has 2 rings (SSSR count). The van der Waals surface area contributed by atoms with Gasteiger partial charge in [0.2, 0.25) is 0 Å². The Morgan fingerprint density at radius 3 is 2.44 bits per heavy atom. The number of hydrogen-bond donors (Lipinski definition) is 2. The Morgan fingerprint density at radius 1 is 1.16 bits per heavy atom. The zero-order chi connectivity index (χ0) is 18.4. The van der Waals surface area contributed by atoms with E-state index < -0.39 is 12.0 Å². The Bertz CT molecular complexity index is 741. The number of aliphatic hydroxyl groups is 1. The van der Waals surface area contributed by atoms with Gasteiger partial charge in [0.1, 0.15) is 5.75 Å². The molecule has 0 fully saturated rings. The van der Waals surface area contributed by atoms with Crippen molar-refractivity contribution in [3.05, 3.63) is 65.2 Å². The maximum Gasteiger partial charge on any atom is 0.253 e. The summed E-state index contributed by atoms with van der Waals surface area (Å²) >= 11 is 0. The summed E-state index contributed by atoms with van der Waals surface area (Å²) in [6, 6.07) is 13.7. The Hall–Kier alpha value is -2.86. The van der Waals surface area contributed by atoms with Crippen LogP contribution in [0.4, 0.5) is 0 Å². The number of nitrogens with zero attached hydrogens (tertiary/aromatic N) is 1. The quantitative estimate of drug-likeness (QED) is 0.838. The maximum absolute atomic E-state index is 12.1. The molecule has 0 saturated carbocycles. The number of rotatable bonds is 6. The molecule has 0 heterocycles. The van der Waals surface area contributed by atoms with Crippen LogP contribution >= 0.6 is 0 Å². The van der Waals surface area contributed by atoms with E-state index in [2.05, 4.69) is 5.32 Å². The largest absolute Gasteiger partial charge is 0.497 e. The van der Waals surface area contributed by atoms with Crippen LogP contribution < -0.4 is 10.1 Å². The number of carbonyl (C=O) groups is 2.